The van der Waals surface area contributed by atoms with Crippen molar-refractivity contribution in [1.82, 2.24) is 9.88 Å². The number of fused-ring (bicyclic) bond motifs is 5. The molecule has 2 aromatic carbocycles. The van der Waals surface area contributed by atoms with E-state index >= 15 is 0 Å². The summed E-state index contributed by atoms with van der Waals surface area (Å²) in [6.07, 6.45) is 2.71. The zero-order chi connectivity index (χ0) is 33.9. The number of allylic oxidation sites excluding steroid dienone is 1. The summed E-state index contributed by atoms with van der Waals surface area (Å²) in [5, 5.41) is 6.41. The molecule has 48 heavy (non-hydrogen) atoms. The molecule has 3 aromatic rings. The highest BCUT2D eigenvalue weighted by molar-refractivity contribution is 6.36. The fourth-order valence-corrected chi connectivity index (χ4v) is 8.06. The number of nitrogens with one attached hydrogen (secondary N) is 2. The van der Waals surface area contributed by atoms with E-state index in [0.717, 1.165) is 24.3 Å². The van der Waals surface area contributed by atoms with Gasteiger partial charge in [0.1, 0.15) is 22.1 Å². The van der Waals surface area contributed by atoms with E-state index in [2.05, 4.69) is 15.5 Å². The van der Waals surface area contributed by atoms with Crippen LogP contribution < -0.4 is 35.3 Å². The number of aromatic nitrogens is 1. The normalized spacial score (nSPS) is 24.0. The largest absolute Gasteiger partial charge is 0.496 e. The summed E-state index contributed by atoms with van der Waals surface area (Å²) in [6.45, 7) is 6.22. The van der Waals surface area contributed by atoms with Gasteiger partial charge in [0.05, 0.1) is 25.6 Å². The van der Waals surface area contributed by atoms with E-state index in [-0.39, 0.29) is 51.1 Å². The van der Waals surface area contributed by atoms with Crippen LogP contribution in [0.2, 0.25) is 5.02 Å². The number of ether oxygens (including phenoxy) is 3. The second-order valence-electron chi connectivity index (χ2n) is 12.9. The van der Waals surface area contributed by atoms with E-state index in [9.17, 15) is 19.2 Å². The number of rotatable bonds is 7. The van der Waals surface area contributed by atoms with Crippen molar-refractivity contribution in [3.63, 3.8) is 0 Å². The standard InChI is InChI=1S/C36H37ClN4O7/c1-5-38-35(45)21-9-10-26(40-16-20-12-22(18-40)25-7-6-8-30(43)41(25)17-20)24(13-21)39-23-11-19(2)36(29(42)14-23)34(44)31-27(46-3)15-28(47-4)32(37)33(31)48-36/h6-10,13-15,19-20,22,39H,5,11-12,16-18H2,1-4H3,(H,38,45). The van der Waals surface area contributed by atoms with Gasteiger partial charge in [-0.3, -0.25) is 19.2 Å². The van der Waals surface area contributed by atoms with Gasteiger partial charge in [0.2, 0.25) is 17.2 Å². The van der Waals surface area contributed by atoms with Gasteiger partial charge >= 0.3 is 0 Å². The third kappa shape index (κ3) is 4.94. The van der Waals surface area contributed by atoms with E-state index in [1.165, 1.54) is 26.4 Å². The number of nitrogens with zero attached hydrogens (tertiary/aromatic N) is 2. The van der Waals surface area contributed by atoms with Crippen LogP contribution in [-0.2, 0) is 11.3 Å². The third-order valence-corrected chi connectivity index (χ3v) is 10.4. The fourth-order valence-electron chi connectivity index (χ4n) is 7.80. The molecule has 4 unspecified atom stereocenters. The number of anilines is 2. The van der Waals surface area contributed by atoms with Crippen LogP contribution in [0.5, 0.6) is 17.2 Å². The number of pyridine rings is 1. The Morgan fingerprint density at radius 3 is 2.58 bits per heavy atom. The van der Waals surface area contributed by atoms with Crippen molar-refractivity contribution in [1.29, 1.82) is 0 Å². The monoisotopic (exact) mass is 672 g/mol. The zero-order valence-electron chi connectivity index (χ0n) is 27.2. The first-order valence-electron chi connectivity index (χ1n) is 16.2. The summed E-state index contributed by atoms with van der Waals surface area (Å²) in [7, 11) is 2.87. The minimum atomic E-state index is -1.81. The van der Waals surface area contributed by atoms with E-state index in [4.69, 9.17) is 25.8 Å². The lowest BCUT2D eigenvalue weighted by Gasteiger charge is -2.44. The molecule has 1 saturated heterocycles. The van der Waals surface area contributed by atoms with Gasteiger partial charge in [-0.05, 0) is 49.9 Å². The van der Waals surface area contributed by atoms with E-state index in [0.29, 0.717) is 43.0 Å². The van der Waals surface area contributed by atoms with Crippen molar-refractivity contribution in [2.24, 2.45) is 11.8 Å². The smallest absolute Gasteiger partial charge is 0.251 e. The molecule has 2 N–H and O–H groups in total. The summed E-state index contributed by atoms with van der Waals surface area (Å²) in [5.41, 5.74) is 1.99. The molecule has 12 heteroatoms. The number of halogens is 1. The molecular formula is C36H37ClN4O7. The number of amides is 1. The van der Waals surface area contributed by atoms with Crippen molar-refractivity contribution in [3.8, 4) is 17.2 Å². The van der Waals surface area contributed by atoms with Gasteiger partial charge in [-0.25, -0.2) is 0 Å². The molecule has 7 rings (SSSR count). The van der Waals surface area contributed by atoms with Crippen LogP contribution in [0.15, 0.2) is 59.0 Å². The van der Waals surface area contributed by atoms with Crippen LogP contribution in [0.4, 0.5) is 11.4 Å². The average Bonchev–Trinajstić information content (AvgIpc) is 3.39. The number of methoxy groups -OCH3 is 2. The molecule has 4 heterocycles. The summed E-state index contributed by atoms with van der Waals surface area (Å²) in [6, 6.07) is 12.5. The Balaban J connectivity index is 1.22. The van der Waals surface area contributed by atoms with Crippen molar-refractivity contribution in [2.75, 3.05) is 44.1 Å². The minimum absolute atomic E-state index is 0.0257. The van der Waals surface area contributed by atoms with Gasteiger partial charge in [0.25, 0.3) is 11.5 Å². The van der Waals surface area contributed by atoms with Crippen LogP contribution in [0.3, 0.4) is 0 Å². The van der Waals surface area contributed by atoms with Crippen molar-refractivity contribution in [2.45, 2.75) is 44.8 Å². The molecule has 0 saturated carbocycles. The molecular weight excluding hydrogens is 636 g/mol. The van der Waals surface area contributed by atoms with Gasteiger partial charge in [-0.15, -0.1) is 0 Å². The topological polar surface area (TPSA) is 128 Å². The van der Waals surface area contributed by atoms with Crippen LogP contribution >= 0.6 is 11.6 Å². The molecule has 1 aliphatic carbocycles. The van der Waals surface area contributed by atoms with Gasteiger partial charge in [-0.2, -0.15) is 0 Å². The predicted octanol–water partition coefficient (Wildman–Crippen LogP) is 4.81. The predicted molar refractivity (Wildman–Crippen MR) is 181 cm³/mol. The number of carbonyl (C=O) groups is 3. The summed E-state index contributed by atoms with van der Waals surface area (Å²) in [5.74, 6) is -0.814. The van der Waals surface area contributed by atoms with Crippen molar-refractivity contribution < 1.29 is 28.6 Å². The highest BCUT2D eigenvalue weighted by atomic mass is 35.5. The number of benzene rings is 2. The van der Waals surface area contributed by atoms with Crippen molar-refractivity contribution >= 4 is 40.4 Å². The highest BCUT2D eigenvalue weighted by Crippen LogP contribution is 2.53. The molecule has 1 aromatic heterocycles. The third-order valence-electron chi connectivity index (χ3n) is 10.0. The Bertz CT molecular complexity index is 1950. The van der Waals surface area contributed by atoms with Crippen molar-refractivity contribution in [3.05, 3.63) is 86.4 Å². The molecule has 0 radical (unpaired) electrons. The number of carbonyl (C=O) groups excluding carboxylic acids is 3. The Kier molecular flexibility index (Phi) is 7.98. The molecule has 4 atom stereocenters. The Morgan fingerprint density at radius 2 is 1.85 bits per heavy atom. The Morgan fingerprint density at radius 1 is 1.06 bits per heavy atom. The first kappa shape index (κ1) is 31.8. The van der Waals surface area contributed by atoms with Gasteiger partial charge in [0, 0.05) is 73.2 Å². The molecule has 4 aliphatic rings. The maximum atomic E-state index is 14.0. The number of piperidine rings is 1. The molecule has 250 valence electrons. The molecule has 2 bridgehead atoms. The summed E-state index contributed by atoms with van der Waals surface area (Å²) in [4.78, 5) is 55.8. The number of ketones is 2. The lowest BCUT2D eigenvalue weighted by molar-refractivity contribution is -0.129. The first-order chi connectivity index (χ1) is 23.1. The van der Waals surface area contributed by atoms with Gasteiger partial charge in [-0.1, -0.05) is 24.6 Å². The SMILES string of the molecule is CCNC(=O)c1ccc(N2CC3CC(C2)c2cccc(=O)n2C3)c(NC2=CC(=O)C3(Oc4c(Cl)c(OC)cc(OC)c4C3=O)C(C)C2)c1. The van der Waals surface area contributed by atoms with Crippen LogP contribution in [0.1, 0.15) is 59.0 Å². The minimum Gasteiger partial charge on any atom is -0.496 e. The lowest BCUT2D eigenvalue weighted by atomic mass is 9.74. The highest BCUT2D eigenvalue weighted by Gasteiger charge is 2.60. The second-order valence-corrected chi connectivity index (χ2v) is 13.3. The molecule has 1 spiro atoms. The van der Waals surface area contributed by atoms with E-state index < -0.39 is 23.1 Å². The Hall–Kier alpha value is -4.77. The van der Waals surface area contributed by atoms with Gasteiger partial charge < -0.3 is 34.3 Å². The van der Waals surface area contributed by atoms with Crippen LogP contribution in [0.25, 0.3) is 0 Å². The maximum Gasteiger partial charge on any atom is 0.251 e. The summed E-state index contributed by atoms with van der Waals surface area (Å²) >= 11 is 6.56. The second kappa shape index (κ2) is 12.0. The van der Waals surface area contributed by atoms with Crippen LogP contribution in [-0.4, -0.2) is 61.5 Å². The number of Topliss-reactive ketones (excluding diaryl/α,β-unsaturated/α-hetero) is 1. The van der Waals surface area contributed by atoms with E-state index in [1.54, 1.807) is 25.1 Å². The van der Waals surface area contributed by atoms with Gasteiger partial charge in [0.15, 0.2) is 5.75 Å². The maximum absolute atomic E-state index is 14.0. The Labute approximate surface area is 282 Å². The summed E-state index contributed by atoms with van der Waals surface area (Å²) < 4.78 is 18.9. The van der Waals surface area contributed by atoms with E-state index in [1.807, 2.05) is 29.7 Å². The number of hydrogen-bond donors (Lipinski definition) is 2. The zero-order valence-corrected chi connectivity index (χ0v) is 28.0. The number of hydrogen-bond acceptors (Lipinski definition) is 9. The molecule has 1 fully saturated rings. The van der Waals surface area contributed by atoms with Crippen LogP contribution in [0, 0.1) is 11.8 Å². The molecule has 1 amide bonds. The average molecular weight is 673 g/mol. The molecule has 11 nitrogen and oxygen atoms in total. The fraction of sp³-hybridized carbons (Fsp3) is 0.389. The first-order valence-corrected chi connectivity index (χ1v) is 16.5. The molecule has 3 aliphatic heterocycles. The quantitative estimate of drug-likeness (QED) is 0.340. The lowest BCUT2D eigenvalue weighted by Crippen LogP contribution is -2.55.